The Morgan fingerprint density at radius 2 is 1.91 bits per heavy atom. The van der Waals surface area contributed by atoms with Crippen LogP contribution in [-0.4, -0.2) is 30.6 Å². The summed E-state index contributed by atoms with van der Waals surface area (Å²) >= 11 is 0. The predicted molar refractivity (Wildman–Crippen MR) is 117 cm³/mol. The van der Waals surface area contributed by atoms with Gasteiger partial charge in [0.2, 0.25) is 0 Å². The van der Waals surface area contributed by atoms with Gasteiger partial charge in [0, 0.05) is 18.9 Å². The van der Waals surface area contributed by atoms with Gasteiger partial charge < -0.3 is 10.6 Å². The van der Waals surface area contributed by atoms with Crippen LogP contribution in [0.2, 0.25) is 0 Å². The van der Waals surface area contributed by atoms with Gasteiger partial charge in [0.15, 0.2) is 5.65 Å². The zero-order valence-corrected chi connectivity index (χ0v) is 18.0. The van der Waals surface area contributed by atoms with Crippen molar-refractivity contribution in [1.82, 2.24) is 24.7 Å². The summed E-state index contributed by atoms with van der Waals surface area (Å²) in [7, 11) is 1.78. The molecule has 0 aliphatic rings. The van der Waals surface area contributed by atoms with Crippen LogP contribution in [0.15, 0.2) is 48.9 Å². The Hall–Kier alpha value is -4.02. The summed E-state index contributed by atoms with van der Waals surface area (Å²) < 4.78 is 40.3. The van der Waals surface area contributed by atoms with Crippen LogP contribution in [0.25, 0.3) is 11.2 Å². The van der Waals surface area contributed by atoms with E-state index in [9.17, 15) is 18.0 Å². The van der Waals surface area contributed by atoms with Gasteiger partial charge in [0.05, 0.1) is 24.0 Å². The SMILES string of the molecule is Cc1cc(C(=O)Nc2cccc([C@H](C)Nc3cnc4cnn(C)c4n3)c2)cnc1C(F)(F)F. The third kappa shape index (κ3) is 4.76. The van der Waals surface area contributed by atoms with Gasteiger partial charge in [-0.25, -0.2) is 14.6 Å². The van der Waals surface area contributed by atoms with Crippen LogP contribution in [0, 0.1) is 6.92 Å². The van der Waals surface area contributed by atoms with Crippen LogP contribution >= 0.6 is 0 Å². The highest BCUT2D eigenvalue weighted by atomic mass is 19.4. The average molecular weight is 455 g/mol. The number of hydrogen-bond donors (Lipinski definition) is 2. The molecule has 4 aromatic rings. The Morgan fingerprint density at radius 1 is 1.12 bits per heavy atom. The summed E-state index contributed by atoms with van der Waals surface area (Å²) in [5, 5.41) is 10.1. The molecular weight excluding hydrogens is 435 g/mol. The number of carbonyl (C=O) groups is 1. The average Bonchev–Trinajstić information content (AvgIpc) is 3.13. The van der Waals surface area contributed by atoms with E-state index in [1.807, 2.05) is 13.0 Å². The van der Waals surface area contributed by atoms with Crippen LogP contribution in [0.5, 0.6) is 0 Å². The molecule has 0 aliphatic carbocycles. The molecule has 0 radical (unpaired) electrons. The number of amides is 1. The van der Waals surface area contributed by atoms with Crippen molar-refractivity contribution in [3.05, 3.63) is 71.3 Å². The minimum atomic E-state index is -4.57. The second kappa shape index (κ2) is 8.49. The van der Waals surface area contributed by atoms with E-state index in [4.69, 9.17) is 0 Å². The van der Waals surface area contributed by atoms with Crippen LogP contribution in [0.1, 0.15) is 40.1 Å². The van der Waals surface area contributed by atoms with Crippen molar-refractivity contribution in [3.8, 4) is 0 Å². The molecule has 0 saturated carbocycles. The molecule has 0 bridgehead atoms. The molecule has 0 aliphatic heterocycles. The number of nitrogens with one attached hydrogen (secondary N) is 2. The highest BCUT2D eigenvalue weighted by Crippen LogP contribution is 2.30. The van der Waals surface area contributed by atoms with Gasteiger partial charge >= 0.3 is 6.18 Å². The lowest BCUT2D eigenvalue weighted by atomic mass is 10.1. The van der Waals surface area contributed by atoms with Gasteiger partial charge in [0.1, 0.15) is 17.0 Å². The number of aryl methyl sites for hydroxylation is 2. The minimum absolute atomic E-state index is 0.0387. The molecule has 11 heteroatoms. The Labute approximate surface area is 186 Å². The molecule has 3 aromatic heterocycles. The lowest BCUT2D eigenvalue weighted by Crippen LogP contribution is -2.16. The number of fused-ring (bicyclic) bond motifs is 1. The second-order valence-electron chi connectivity index (χ2n) is 7.57. The Kier molecular flexibility index (Phi) is 5.71. The van der Waals surface area contributed by atoms with E-state index in [1.54, 1.807) is 42.3 Å². The van der Waals surface area contributed by atoms with Crippen LogP contribution in [-0.2, 0) is 13.2 Å². The third-order valence-corrected chi connectivity index (χ3v) is 5.06. The lowest BCUT2D eigenvalue weighted by molar-refractivity contribution is -0.141. The highest BCUT2D eigenvalue weighted by molar-refractivity contribution is 6.04. The summed E-state index contributed by atoms with van der Waals surface area (Å²) in [5.41, 5.74) is 1.61. The molecule has 1 atom stereocenters. The van der Waals surface area contributed by atoms with Crippen LogP contribution < -0.4 is 10.6 Å². The first-order chi connectivity index (χ1) is 15.6. The van der Waals surface area contributed by atoms with E-state index < -0.39 is 17.8 Å². The maximum absolute atomic E-state index is 12.9. The molecule has 2 N–H and O–H groups in total. The number of benzene rings is 1. The van der Waals surface area contributed by atoms with Gasteiger partial charge in [-0.3, -0.25) is 9.78 Å². The smallest absolute Gasteiger partial charge is 0.362 e. The monoisotopic (exact) mass is 455 g/mol. The van der Waals surface area contributed by atoms with Gasteiger partial charge in [-0.2, -0.15) is 18.3 Å². The zero-order valence-electron chi connectivity index (χ0n) is 18.0. The number of alkyl halides is 3. The number of halogens is 3. The fourth-order valence-corrected chi connectivity index (χ4v) is 3.37. The lowest BCUT2D eigenvalue weighted by Gasteiger charge is -2.16. The quantitative estimate of drug-likeness (QED) is 0.460. The Morgan fingerprint density at radius 3 is 2.64 bits per heavy atom. The molecule has 0 saturated heterocycles. The fourth-order valence-electron chi connectivity index (χ4n) is 3.37. The number of aromatic nitrogens is 5. The molecule has 8 nitrogen and oxygen atoms in total. The number of anilines is 2. The third-order valence-electron chi connectivity index (χ3n) is 5.06. The molecule has 170 valence electrons. The van der Waals surface area contributed by atoms with E-state index in [1.165, 1.54) is 13.0 Å². The first-order valence-electron chi connectivity index (χ1n) is 9.98. The van der Waals surface area contributed by atoms with Crippen LogP contribution in [0.4, 0.5) is 24.7 Å². The van der Waals surface area contributed by atoms with Crippen molar-refractivity contribution < 1.29 is 18.0 Å². The maximum Gasteiger partial charge on any atom is 0.433 e. The standard InChI is InChI=1S/C22H20F3N7O/c1-12-7-15(9-27-19(12)22(23,24)25)21(33)30-16-6-4-5-14(8-16)13(2)29-18-11-26-17-10-28-32(3)20(17)31-18/h4-11,13H,1-3H3,(H,29,31)(H,30,33)/t13-/m0/s1. The Balaban J connectivity index is 1.48. The van der Waals surface area contributed by atoms with Gasteiger partial charge in [0.25, 0.3) is 5.91 Å². The number of rotatable bonds is 5. The molecule has 0 spiro atoms. The first-order valence-corrected chi connectivity index (χ1v) is 9.98. The number of nitrogens with zero attached hydrogens (tertiary/aromatic N) is 5. The number of hydrogen-bond acceptors (Lipinski definition) is 6. The highest BCUT2D eigenvalue weighted by Gasteiger charge is 2.34. The normalized spacial score (nSPS) is 12.5. The second-order valence-corrected chi connectivity index (χ2v) is 7.57. The minimum Gasteiger partial charge on any atom is -0.362 e. The van der Waals surface area contributed by atoms with E-state index in [2.05, 4.69) is 30.7 Å². The van der Waals surface area contributed by atoms with E-state index in [0.717, 1.165) is 11.8 Å². The molecule has 1 aromatic carbocycles. The van der Waals surface area contributed by atoms with Crippen molar-refractivity contribution in [3.63, 3.8) is 0 Å². The summed E-state index contributed by atoms with van der Waals surface area (Å²) in [5.74, 6) is 0.0176. The molecule has 4 rings (SSSR count). The van der Waals surface area contributed by atoms with E-state index in [-0.39, 0.29) is 17.2 Å². The number of pyridine rings is 1. The summed E-state index contributed by atoms with van der Waals surface area (Å²) in [6, 6.07) is 8.13. The van der Waals surface area contributed by atoms with Crippen molar-refractivity contribution >= 4 is 28.6 Å². The van der Waals surface area contributed by atoms with Crippen molar-refractivity contribution in [1.29, 1.82) is 0 Å². The molecule has 0 fully saturated rings. The topological polar surface area (TPSA) is 97.6 Å². The zero-order chi connectivity index (χ0) is 23.8. The van der Waals surface area contributed by atoms with Crippen molar-refractivity contribution in [2.24, 2.45) is 7.05 Å². The first kappa shape index (κ1) is 22.2. The molecule has 3 heterocycles. The molecule has 0 unspecified atom stereocenters. The maximum atomic E-state index is 12.9. The largest absolute Gasteiger partial charge is 0.433 e. The molecule has 33 heavy (non-hydrogen) atoms. The van der Waals surface area contributed by atoms with Crippen LogP contribution in [0.3, 0.4) is 0 Å². The number of carbonyl (C=O) groups excluding carboxylic acids is 1. The van der Waals surface area contributed by atoms with E-state index in [0.29, 0.717) is 22.7 Å². The van der Waals surface area contributed by atoms with Gasteiger partial charge in [-0.05, 0) is 43.2 Å². The van der Waals surface area contributed by atoms with E-state index >= 15 is 0 Å². The summed E-state index contributed by atoms with van der Waals surface area (Å²) in [6.07, 6.45) is -0.393. The van der Waals surface area contributed by atoms with Crippen molar-refractivity contribution in [2.45, 2.75) is 26.1 Å². The van der Waals surface area contributed by atoms with Gasteiger partial charge in [-0.15, -0.1) is 0 Å². The summed E-state index contributed by atoms with van der Waals surface area (Å²) in [4.78, 5) is 24.8. The Bertz CT molecular complexity index is 1330. The molecule has 1 amide bonds. The molecular formula is C22H20F3N7O. The predicted octanol–water partition coefficient (Wildman–Crippen LogP) is 4.51. The van der Waals surface area contributed by atoms with Gasteiger partial charge in [-0.1, -0.05) is 12.1 Å². The fraction of sp³-hybridized carbons (Fsp3) is 0.227. The summed E-state index contributed by atoms with van der Waals surface area (Å²) in [6.45, 7) is 3.20. The van der Waals surface area contributed by atoms with Crippen molar-refractivity contribution in [2.75, 3.05) is 10.6 Å².